The van der Waals surface area contributed by atoms with Gasteiger partial charge in [0.2, 0.25) is 0 Å². The van der Waals surface area contributed by atoms with Crippen LogP contribution >= 0.6 is 34.0 Å². The third-order valence-electron chi connectivity index (χ3n) is 9.90. The number of rotatable bonds is 2. The summed E-state index contributed by atoms with van der Waals surface area (Å²) < 4.78 is 4.57. The summed E-state index contributed by atoms with van der Waals surface area (Å²) >= 11 is 4.90. The Kier molecular flexibility index (Phi) is 5.90. The molecule has 2 aliphatic rings. The van der Waals surface area contributed by atoms with Crippen LogP contribution in [-0.4, -0.2) is 23.1 Å². The SMILES string of the molecule is Cc1c2cc(C=C3C(=O)c4cc5ccccc5cc4C3=O)sc2c(C)c2c1sc1cc(C=C3C(=O)c4cc5ccccc5cc4C3=O)sc12. The highest BCUT2D eigenvalue weighted by molar-refractivity contribution is 7.33. The molecule has 0 fully saturated rings. The molecule has 3 aromatic heterocycles. The minimum Gasteiger partial charge on any atom is -0.288 e. The highest BCUT2D eigenvalue weighted by atomic mass is 32.1. The van der Waals surface area contributed by atoms with Gasteiger partial charge in [-0.05, 0) is 100 Å². The number of thiophene rings is 3. The molecule has 0 bridgehead atoms. The quantitative estimate of drug-likeness (QED) is 0.134. The third-order valence-corrected chi connectivity index (χ3v) is 13.6. The van der Waals surface area contributed by atoms with E-state index in [1.54, 1.807) is 46.2 Å². The lowest BCUT2D eigenvalue weighted by molar-refractivity contribution is 0.0975. The van der Waals surface area contributed by atoms with Gasteiger partial charge < -0.3 is 0 Å². The summed E-state index contributed by atoms with van der Waals surface area (Å²) in [6, 6.07) is 27.0. The number of allylic oxidation sites excluding steroid dienone is 2. The maximum absolute atomic E-state index is 13.5. The highest BCUT2D eigenvalue weighted by Gasteiger charge is 2.35. The van der Waals surface area contributed by atoms with Gasteiger partial charge in [-0.1, -0.05) is 48.5 Å². The topological polar surface area (TPSA) is 68.3 Å². The number of ketones is 4. The molecule has 8 aromatic rings. The van der Waals surface area contributed by atoms with E-state index in [0.29, 0.717) is 22.3 Å². The number of benzene rings is 5. The summed E-state index contributed by atoms with van der Waals surface area (Å²) in [5.74, 6) is -0.904. The van der Waals surface area contributed by atoms with Gasteiger partial charge in [0.25, 0.3) is 0 Å². The number of Topliss-reactive ketones (excluding diaryl/α,β-unsaturated/α-hetero) is 4. The minimum atomic E-state index is -0.227. The van der Waals surface area contributed by atoms with Crippen LogP contribution in [-0.2, 0) is 0 Å². The van der Waals surface area contributed by atoms with Gasteiger partial charge in [-0.3, -0.25) is 19.2 Å². The lowest BCUT2D eigenvalue weighted by atomic mass is 10.0. The van der Waals surface area contributed by atoms with Gasteiger partial charge in [-0.2, -0.15) is 0 Å². The van der Waals surface area contributed by atoms with Gasteiger partial charge in [0, 0.05) is 51.5 Å². The van der Waals surface area contributed by atoms with Crippen molar-refractivity contribution >= 4 is 120 Å². The summed E-state index contributed by atoms with van der Waals surface area (Å²) in [5.41, 5.74) is 4.58. The maximum atomic E-state index is 13.5. The second-order valence-corrected chi connectivity index (χ2v) is 15.9. The van der Waals surface area contributed by atoms with Crippen molar-refractivity contribution in [2.24, 2.45) is 0 Å². The van der Waals surface area contributed by atoms with E-state index >= 15 is 0 Å². The fourth-order valence-corrected chi connectivity index (χ4v) is 11.3. The lowest BCUT2D eigenvalue weighted by Gasteiger charge is -2.04. The molecule has 0 saturated carbocycles. The monoisotopic (exact) mass is 686 g/mol. The Bertz CT molecular complexity index is 2860. The van der Waals surface area contributed by atoms with E-state index in [-0.39, 0.29) is 34.3 Å². The fraction of sp³-hybridized carbons (Fsp3) is 0.0476. The molecular formula is C42H22O4S3. The maximum Gasteiger partial charge on any atom is 0.197 e. The van der Waals surface area contributed by atoms with Gasteiger partial charge in [-0.25, -0.2) is 0 Å². The molecule has 232 valence electrons. The van der Waals surface area contributed by atoms with Crippen LogP contribution in [0.5, 0.6) is 0 Å². The molecule has 7 heteroatoms. The van der Waals surface area contributed by atoms with Crippen molar-refractivity contribution in [2.45, 2.75) is 13.8 Å². The molecule has 0 atom stereocenters. The minimum absolute atomic E-state index is 0.207. The molecule has 3 heterocycles. The molecule has 0 amide bonds. The summed E-state index contributed by atoms with van der Waals surface area (Å²) in [7, 11) is 0. The molecule has 0 aliphatic heterocycles. The van der Waals surface area contributed by atoms with E-state index < -0.39 is 0 Å². The Morgan fingerprint density at radius 3 is 1.37 bits per heavy atom. The van der Waals surface area contributed by atoms with E-state index in [2.05, 4.69) is 26.0 Å². The first-order valence-electron chi connectivity index (χ1n) is 15.8. The summed E-state index contributed by atoms with van der Waals surface area (Å²) in [5, 5.41) is 6.06. The van der Waals surface area contributed by atoms with Gasteiger partial charge >= 0.3 is 0 Å². The molecule has 49 heavy (non-hydrogen) atoms. The number of hydrogen-bond acceptors (Lipinski definition) is 7. The normalized spacial score (nSPS) is 14.4. The molecule has 0 radical (unpaired) electrons. The first-order chi connectivity index (χ1) is 23.7. The molecule has 10 rings (SSSR count). The van der Waals surface area contributed by atoms with Crippen molar-refractivity contribution in [1.29, 1.82) is 0 Å². The Hall–Kier alpha value is -5.34. The van der Waals surface area contributed by atoms with Crippen molar-refractivity contribution in [3.05, 3.63) is 139 Å². The standard InChI is InChI=1S/C42H22O4S3/c1-19-27-15-25(16-32-36(43)28-11-21-7-3-4-8-22(21)12-29(28)37(32)44)47-40(27)20(2)35-41(19)49-34-18-26(48-42(34)35)17-33-38(45)30-13-23-9-5-6-10-24(23)14-31(30)39(33)46/h3-18H,1-2H3. The molecule has 0 N–H and O–H groups in total. The van der Waals surface area contributed by atoms with Crippen LogP contribution in [0.1, 0.15) is 62.3 Å². The lowest BCUT2D eigenvalue weighted by Crippen LogP contribution is -1.99. The van der Waals surface area contributed by atoms with Crippen LogP contribution in [0.2, 0.25) is 0 Å². The Morgan fingerprint density at radius 1 is 0.469 bits per heavy atom. The predicted molar refractivity (Wildman–Crippen MR) is 203 cm³/mol. The first kappa shape index (κ1) is 28.7. The van der Waals surface area contributed by atoms with Crippen molar-refractivity contribution in [3.8, 4) is 0 Å². The number of carbonyl (C=O) groups is 4. The van der Waals surface area contributed by atoms with Crippen molar-refractivity contribution < 1.29 is 19.2 Å². The summed E-state index contributed by atoms with van der Waals surface area (Å²) in [4.78, 5) is 55.5. The number of aryl methyl sites for hydroxylation is 2. The van der Waals surface area contributed by atoms with E-state index in [4.69, 9.17) is 0 Å². The number of hydrogen-bond donors (Lipinski definition) is 0. The zero-order valence-corrected chi connectivity index (χ0v) is 28.5. The predicted octanol–water partition coefficient (Wildman–Crippen LogP) is 11.2. The molecule has 0 spiro atoms. The molecule has 0 saturated heterocycles. The summed E-state index contributed by atoms with van der Waals surface area (Å²) in [6.07, 6.45) is 3.51. The third kappa shape index (κ3) is 4.01. The molecule has 4 nitrogen and oxygen atoms in total. The Balaban J connectivity index is 1.05. The molecule has 2 aliphatic carbocycles. The first-order valence-corrected chi connectivity index (χ1v) is 18.3. The van der Waals surface area contributed by atoms with Gasteiger partial charge in [-0.15, -0.1) is 34.0 Å². The van der Waals surface area contributed by atoms with Crippen LogP contribution in [0.4, 0.5) is 0 Å². The average molecular weight is 687 g/mol. The second-order valence-electron chi connectivity index (χ2n) is 12.7. The zero-order valence-electron chi connectivity index (χ0n) is 26.1. The number of carbonyl (C=O) groups excluding carboxylic acids is 4. The van der Waals surface area contributed by atoms with Crippen LogP contribution in [0.25, 0.3) is 63.3 Å². The van der Waals surface area contributed by atoms with E-state index in [0.717, 1.165) is 61.9 Å². The Morgan fingerprint density at radius 2 is 0.898 bits per heavy atom. The van der Waals surface area contributed by atoms with Gasteiger partial charge in [0.1, 0.15) is 0 Å². The van der Waals surface area contributed by atoms with E-state index in [9.17, 15) is 19.2 Å². The zero-order chi connectivity index (χ0) is 33.3. The van der Waals surface area contributed by atoms with Crippen LogP contribution in [0.3, 0.4) is 0 Å². The molecular weight excluding hydrogens is 665 g/mol. The van der Waals surface area contributed by atoms with E-state index in [1.165, 1.54) is 10.1 Å². The smallest absolute Gasteiger partial charge is 0.197 e. The molecule has 5 aromatic carbocycles. The van der Waals surface area contributed by atoms with Crippen LogP contribution in [0.15, 0.2) is 96.1 Å². The fourth-order valence-electron chi connectivity index (χ4n) is 7.42. The van der Waals surface area contributed by atoms with Crippen LogP contribution in [0, 0.1) is 13.8 Å². The van der Waals surface area contributed by atoms with Gasteiger partial charge in [0.15, 0.2) is 23.1 Å². The average Bonchev–Trinajstić information content (AvgIpc) is 3.90. The second kappa shape index (κ2) is 10.1. The largest absolute Gasteiger partial charge is 0.288 e. The van der Waals surface area contributed by atoms with Crippen molar-refractivity contribution in [1.82, 2.24) is 0 Å². The molecule has 0 unspecified atom stereocenters. The number of fused-ring (bicyclic) bond motifs is 8. The van der Waals surface area contributed by atoms with E-state index in [1.807, 2.05) is 72.8 Å². The summed E-state index contributed by atoms with van der Waals surface area (Å²) in [6.45, 7) is 4.25. The highest BCUT2D eigenvalue weighted by Crippen LogP contribution is 2.48. The van der Waals surface area contributed by atoms with Crippen LogP contribution < -0.4 is 0 Å². The Labute approximate surface area is 291 Å². The van der Waals surface area contributed by atoms with Crippen molar-refractivity contribution in [3.63, 3.8) is 0 Å². The van der Waals surface area contributed by atoms with Crippen molar-refractivity contribution in [2.75, 3.05) is 0 Å². The van der Waals surface area contributed by atoms with Gasteiger partial charge in [0.05, 0.1) is 15.8 Å².